The van der Waals surface area contributed by atoms with E-state index in [-0.39, 0.29) is 17.6 Å². The van der Waals surface area contributed by atoms with E-state index in [2.05, 4.69) is 20.8 Å². The summed E-state index contributed by atoms with van der Waals surface area (Å²) in [5, 5.41) is 13.9. The quantitative estimate of drug-likeness (QED) is 0.331. The fourth-order valence-corrected chi connectivity index (χ4v) is 3.96. The molecule has 2 amide bonds. The Morgan fingerprint density at radius 3 is 2.62 bits per heavy atom. The van der Waals surface area contributed by atoms with Crippen molar-refractivity contribution in [3.05, 3.63) is 71.3 Å². The van der Waals surface area contributed by atoms with Crippen LogP contribution in [0.15, 0.2) is 58.9 Å². The number of thioether (sulfide) groups is 1. The fourth-order valence-electron chi connectivity index (χ4n) is 2.40. The van der Waals surface area contributed by atoms with Crippen LogP contribution in [-0.4, -0.2) is 27.8 Å². The first kappa shape index (κ1) is 20.8. The van der Waals surface area contributed by atoms with E-state index in [9.17, 15) is 9.59 Å². The van der Waals surface area contributed by atoms with Crippen LogP contribution in [0.3, 0.4) is 0 Å². The number of aromatic nitrogens is 2. The molecule has 0 radical (unpaired) electrons. The zero-order chi connectivity index (χ0) is 20.6. The molecule has 3 rings (SSSR count). The first-order valence-corrected chi connectivity index (χ1v) is 10.7. The normalized spacial score (nSPS) is 10.8. The molecule has 0 aliphatic carbocycles. The van der Waals surface area contributed by atoms with Gasteiger partial charge in [0.05, 0.1) is 5.75 Å². The van der Waals surface area contributed by atoms with Crippen LogP contribution in [0.4, 0.5) is 10.8 Å². The molecule has 1 aromatic heterocycles. The van der Waals surface area contributed by atoms with Crippen LogP contribution in [0, 0.1) is 13.8 Å². The minimum absolute atomic E-state index is 0.115. The van der Waals surface area contributed by atoms with Gasteiger partial charge in [-0.25, -0.2) is 0 Å². The first-order valence-electron chi connectivity index (χ1n) is 8.88. The molecule has 0 bridgehead atoms. The van der Waals surface area contributed by atoms with Gasteiger partial charge in [0.2, 0.25) is 16.9 Å². The third kappa shape index (κ3) is 6.27. The van der Waals surface area contributed by atoms with Crippen molar-refractivity contribution >= 4 is 51.8 Å². The molecule has 0 saturated heterocycles. The number of nitrogens with zero attached hydrogens (tertiary/aromatic N) is 2. The molecule has 0 saturated carbocycles. The summed E-state index contributed by atoms with van der Waals surface area (Å²) in [6.45, 7) is 3.98. The second-order valence-electron chi connectivity index (χ2n) is 6.19. The van der Waals surface area contributed by atoms with Crippen molar-refractivity contribution in [3.8, 4) is 0 Å². The molecule has 3 aromatic rings. The van der Waals surface area contributed by atoms with Crippen LogP contribution in [0.1, 0.15) is 16.7 Å². The summed E-state index contributed by atoms with van der Waals surface area (Å²) in [5.41, 5.74) is 3.92. The lowest BCUT2D eigenvalue weighted by molar-refractivity contribution is -0.114. The highest BCUT2D eigenvalue weighted by atomic mass is 32.2. The second-order valence-corrected chi connectivity index (χ2v) is 8.39. The summed E-state index contributed by atoms with van der Waals surface area (Å²) in [4.78, 5) is 24.2. The number of carbonyl (C=O) groups excluding carboxylic acids is 2. The molecule has 0 spiro atoms. The molecular formula is C21H20N4O2S2. The number of nitrogens with one attached hydrogen (secondary N) is 2. The Balaban J connectivity index is 1.48. The van der Waals surface area contributed by atoms with E-state index in [1.165, 1.54) is 29.2 Å². The van der Waals surface area contributed by atoms with E-state index in [4.69, 9.17) is 0 Å². The standard InChI is InChI=1S/C21H20N4O2S2/c1-14-7-6-10-17(15(14)2)22-19(27)13-28-21-25-24-20(29-21)23-18(26)12-11-16-8-4-3-5-9-16/h3-12H,13H2,1-2H3,(H,22,27)(H,23,24,26). The topological polar surface area (TPSA) is 84.0 Å². The molecule has 0 aliphatic heterocycles. The monoisotopic (exact) mass is 424 g/mol. The van der Waals surface area contributed by atoms with Gasteiger partial charge in [-0.15, -0.1) is 10.2 Å². The molecule has 8 heteroatoms. The number of hydrogen-bond donors (Lipinski definition) is 2. The number of amides is 2. The van der Waals surface area contributed by atoms with Crippen LogP contribution in [0.5, 0.6) is 0 Å². The van der Waals surface area contributed by atoms with Gasteiger partial charge in [-0.2, -0.15) is 0 Å². The third-order valence-electron chi connectivity index (χ3n) is 4.07. The lowest BCUT2D eigenvalue weighted by atomic mass is 10.1. The fraction of sp³-hybridized carbons (Fsp3) is 0.143. The van der Waals surface area contributed by atoms with Gasteiger partial charge in [0, 0.05) is 11.8 Å². The number of carbonyl (C=O) groups is 2. The maximum atomic E-state index is 12.2. The Kier molecular flexibility index (Phi) is 7.15. The minimum Gasteiger partial charge on any atom is -0.325 e. The minimum atomic E-state index is -0.283. The largest absolute Gasteiger partial charge is 0.325 e. The van der Waals surface area contributed by atoms with E-state index in [1.54, 1.807) is 6.08 Å². The lowest BCUT2D eigenvalue weighted by Gasteiger charge is -2.09. The number of benzene rings is 2. The van der Waals surface area contributed by atoms with Gasteiger partial charge in [0.1, 0.15) is 0 Å². The van der Waals surface area contributed by atoms with Crippen molar-refractivity contribution < 1.29 is 9.59 Å². The Bertz CT molecular complexity index is 1030. The molecule has 0 unspecified atom stereocenters. The summed E-state index contributed by atoms with van der Waals surface area (Å²) < 4.78 is 0.614. The van der Waals surface area contributed by atoms with Gasteiger partial charge in [-0.1, -0.05) is 65.6 Å². The lowest BCUT2D eigenvalue weighted by Crippen LogP contribution is -2.15. The molecule has 29 heavy (non-hydrogen) atoms. The summed E-state index contributed by atoms with van der Waals surface area (Å²) in [6, 6.07) is 15.3. The van der Waals surface area contributed by atoms with Crippen molar-refractivity contribution in [1.29, 1.82) is 0 Å². The number of aryl methyl sites for hydroxylation is 1. The van der Waals surface area contributed by atoms with Gasteiger partial charge in [-0.3, -0.25) is 14.9 Å². The zero-order valence-corrected chi connectivity index (χ0v) is 17.6. The average molecular weight is 425 g/mol. The summed E-state index contributed by atoms with van der Waals surface area (Å²) in [7, 11) is 0. The van der Waals surface area contributed by atoms with Crippen molar-refractivity contribution in [2.75, 3.05) is 16.4 Å². The van der Waals surface area contributed by atoms with Crippen molar-refractivity contribution in [3.63, 3.8) is 0 Å². The summed E-state index contributed by atoms with van der Waals surface area (Å²) in [5.74, 6) is -0.186. The molecule has 1 heterocycles. The van der Waals surface area contributed by atoms with E-state index >= 15 is 0 Å². The number of hydrogen-bond acceptors (Lipinski definition) is 6. The van der Waals surface area contributed by atoms with Gasteiger partial charge >= 0.3 is 0 Å². The Morgan fingerprint density at radius 1 is 1.03 bits per heavy atom. The van der Waals surface area contributed by atoms with Gasteiger partial charge in [0.15, 0.2) is 4.34 Å². The van der Waals surface area contributed by atoms with Gasteiger partial charge in [-0.05, 0) is 42.7 Å². The average Bonchev–Trinajstić information content (AvgIpc) is 3.16. The SMILES string of the molecule is Cc1cccc(NC(=O)CSc2nnc(NC(=O)C=Cc3ccccc3)s2)c1C. The van der Waals surface area contributed by atoms with E-state index in [0.29, 0.717) is 9.47 Å². The van der Waals surface area contributed by atoms with Gasteiger partial charge < -0.3 is 5.32 Å². The predicted octanol–water partition coefficient (Wildman–Crippen LogP) is 4.54. The summed E-state index contributed by atoms with van der Waals surface area (Å²) in [6.07, 6.45) is 3.17. The highest BCUT2D eigenvalue weighted by molar-refractivity contribution is 8.01. The van der Waals surface area contributed by atoms with E-state index in [0.717, 1.165) is 22.4 Å². The molecular weight excluding hydrogens is 404 g/mol. The third-order valence-corrected chi connectivity index (χ3v) is 6.04. The van der Waals surface area contributed by atoms with Crippen LogP contribution in [-0.2, 0) is 9.59 Å². The molecule has 2 N–H and O–H groups in total. The molecule has 0 fully saturated rings. The molecule has 0 atom stereocenters. The second kappa shape index (κ2) is 9.99. The molecule has 0 aliphatic rings. The van der Waals surface area contributed by atoms with E-state index in [1.807, 2.05) is 62.4 Å². The van der Waals surface area contributed by atoms with Crippen LogP contribution in [0.2, 0.25) is 0 Å². The number of rotatable bonds is 7. The van der Waals surface area contributed by atoms with Crippen LogP contribution < -0.4 is 10.6 Å². The number of anilines is 2. The Labute approximate surface area is 177 Å². The van der Waals surface area contributed by atoms with Crippen molar-refractivity contribution in [1.82, 2.24) is 10.2 Å². The van der Waals surface area contributed by atoms with E-state index < -0.39 is 0 Å². The van der Waals surface area contributed by atoms with Gasteiger partial charge in [0.25, 0.3) is 0 Å². The Morgan fingerprint density at radius 2 is 1.83 bits per heavy atom. The highest BCUT2D eigenvalue weighted by Crippen LogP contribution is 2.26. The maximum Gasteiger partial charge on any atom is 0.250 e. The van der Waals surface area contributed by atoms with Crippen molar-refractivity contribution in [2.45, 2.75) is 18.2 Å². The maximum absolute atomic E-state index is 12.2. The predicted molar refractivity (Wildman–Crippen MR) is 119 cm³/mol. The van der Waals surface area contributed by atoms with Crippen molar-refractivity contribution in [2.24, 2.45) is 0 Å². The Hall–Kier alpha value is -2.97. The zero-order valence-electron chi connectivity index (χ0n) is 16.0. The van der Waals surface area contributed by atoms with Crippen LogP contribution in [0.25, 0.3) is 6.08 Å². The first-order chi connectivity index (χ1) is 14.0. The smallest absolute Gasteiger partial charge is 0.250 e. The molecule has 148 valence electrons. The molecule has 2 aromatic carbocycles. The summed E-state index contributed by atoms with van der Waals surface area (Å²) >= 11 is 2.51. The molecule has 6 nitrogen and oxygen atoms in total. The van der Waals surface area contributed by atoms with Crippen LogP contribution >= 0.6 is 23.1 Å². The highest BCUT2D eigenvalue weighted by Gasteiger charge is 2.11.